The minimum Gasteiger partial charge on any atom is -0.497 e. The summed E-state index contributed by atoms with van der Waals surface area (Å²) < 4.78 is 15.2. The van der Waals surface area contributed by atoms with Crippen LogP contribution in [0.3, 0.4) is 0 Å². The molecule has 0 aliphatic rings. The van der Waals surface area contributed by atoms with Crippen molar-refractivity contribution in [1.29, 1.82) is 0 Å². The van der Waals surface area contributed by atoms with Crippen LogP contribution in [0.2, 0.25) is 0 Å². The summed E-state index contributed by atoms with van der Waals surface area (Å²) in [6.07, 6.45) is 0. The number of ether oxygens (including phenoxy) is 3. The van der Waals surface area contributed by atoms with Crippen LogP contribution >= 0.6 is 0 Å². The van der Waals surface area contributed by atoms with Crippen molar-refractivity contribution in [2.75, 3.05) is 27.9 Å². The highest BCUT2D eigenvalue weighted by Gasteiger charge is 2.13. The van der Waals surface area contributed by atoms with Gasteiger partial charge < -0.3 is 24.8 Å². The number of guanidine groups is 1. The average molecular weight is 385 g/mol. The van der Waals surface area contributed by atoms with Gasteiger partial charge in [-0.25, -0.2) is 9.79 Å². The molecule has 7 nitrogen and oxygen atoms in total. The lowest BCUT2D eigenvalue weighted by molar-refractivity contribution is 0.0597. The van der Waals surface area contributed by atoms with Crippen LogP contribution in [0.1, 0.15) is 28.4 Å². The molecule has 7 heteroatoms. The Morgan fingerprint density at radius 1 is 0.964 bits per heavy atom. The summed E-state index contributed by atoms with van der Waals surface area (Å²) in [6, 6.07) is 13.2. The molecule has 0 radical (unpaired) electrons. The van der Waals surface area contributed by atoms with Crippen LogP contribution in [0.15, 0.2) is 47.5 Å². The summed E-state index contributed by atoms with van der Waals surface area (Å²) >= 11 is 0. The summed E-state index contributed by atoms with van der Waals surface area (Å²) in [5.74, 6) is 1.55. The maximum absolute atomic E-state index is 11.9. The van der Waals surface area contributed by atoms with Gasteiger partial charge in [0, 0.05) is 13.1 Å². The lowest BCUT2D eigenvalue weighted by Crippen LogP contribution is -2.36. The molecule has 0 aliphatic carbocycles. The van der Waals surface area contributed by atoms with Gasteiger partial charge >= 0.3 is 5.97 Å². The molecule has 2 rings (SSSR count). The summed E-state index contributed by atoms with van der Waals surface area (Å²) in [7, 11) is 4.51. The minimum atomic E-state index is -0.438. The molecule has 0 bridgehead atoms. The highest BCUT2D eigenvalue weighted by atomic mass is 16.5. The molecule has 0 amide bonds. The molecule has 0 heterocycles. The fourth-order valence-corrected chi connectivity index (χ4v) is 2.56. The Morgan fingerprint density at radius 2 is 1.68 bits per heavy atom. The summed E-state index contributed by atoms with van der Waals surface area (Å²) in [4.78, 5) is 16.5. The third-order valence-electron chi connectivity index (χ3n) is 4.05. The van der Waals surface area contributed by atoms with E-state index in [9.17, 15) is 4.79 Å². The number of nitrogens with one attached hydrogen (secondary N) is 2. The van der Waals surface area contributed by atoms with Gasteiger partial charge in [-0.05, 0) is 42.3 Å². The maximum atomic E-state index is 11.9. The number of carbonyl (C=O) groups is 1. The molecule has 2 aromatic rings. The van der Waals surface area contributed by atoms with Crippen molar-refractivity contribution in [3.05, 3.63) is 59.2 Å². The van der Waals surface area contributed by atoms with Crippen molar-refractivity contribution in [3.8, 4) is 11.5 Å². The van der Waals surface area contributed by atoms with Gasteiger partial charge in [0.05, 0.1) is 27.9 Å². The first-order chi connectivity index (χ1) is 13.6. The van der Waals surface area contributed by atoms with Crippen molar-refractivity contribution < 1.29 is 19.0 Å². The second-order valence-corrected chi connectivity index (χ2v) is 5.92. The largest absolute Gasteiger partial charge is 0.497 e. The first-order valence-corrected chi connectivity index (χ1v) is 9.01. The van der Waals surface area contributed by atoms with Gasteiger partial charge in [0.1, 0.15) is 17.1 Å². The number of benzene rings is 2. The number of hydrogen-bond acceptors (Lipinski definition) is 5. The Bertz CT molecular complexity index is 804. The quantitative estimate of drug-likeness (QED) is 0.413. The van der Waals surface area contributed by atoms with Gasteiger partial charge in [-0.3, -0.25) is 0 Å². The lowest BCUT2D eigenvalue weighted by atomic mass is 10.1. The van der Waals surface area contributed by atoms with Gasteiger partial charge in [0.2, 0.25) is 0 Å². The van der Waals surface area contributed by atoms with E-state index in [2.05, 4.69) is 15.6 Å². The Morgan fingerprint density at radius 3 is 2.29 bits per heavy atom. The molecule has 0 saturated carbocycles. The fourth-order valence-electron chi connectivity index (χ4n) is 2.56. The topological polar surface area (TPSA) is 81.2 Å². The third-order valence-corrected chi connectivity index (χ3v) is 4.05. The number of nitrogens with zero attached hydrogens (tertiary/aromatic N) is 1. The van der Waals surface area contributed by atoms with E-state index in [1.54, 1.807) is 19.2 Å². The van der Waals surface area contributed by atoms with E-state index < -0.39 is 5.97 Å². The van der Waals surface area contributed by atoms with Crippen molar-refractivity contribution in [3.63, 3.8) is 0 Å². The van der Waals surface area contributed by atoms with Crippen LogP contribution in [-0.4, -0.2) is 39.8 Å². The second-order valence-electron chi connectivity index (χ2n) is 5.92. The second kappa shape index (κ2) is 10.8. The van der Waals surface area contributed by atoms with E-state index in [-0.39, 0.29) is 0 Å². The predicted molar refractivity (Wildman–Crippen MR) is 109 cm³/mol. The maximum Gasteiger partial charge on any atom is 0.341 e. The van der Waals surface area contributed by atoms with Crippen LogP contribution < -0.4 is 20.1 Å². The molecule has 0 aromatic heterocycles. The smallest absolute Gasteiger partial charge is 0.341 e. The molecule has 2 N–H and O–H groups in total. The van der Waals surface area contributed by atoms with Crippen molar-refractivity contribution in [1.82, 2.24) is 10.6 Å². The van der Waals surface area contributed by atoms with E-state index in [0.717, 1.165) is 23.4 Å². The highest BCUT2D eigenvalue weighted by Crippen LogP contribution is 2.21. The van der Waals surface area contributed by atoms with E-state index in [1.807, 2.05) is 37.3 Å². The van der Waals surface area contributed by atoms with Gasteiger partial charge in [-0.2, -0.15) is 0 Å². The van der Waals surface area contributed by atoms with Crippen LogP contribution in [0.5, 0.6) is 11.5 Å². The standard InChI is InChI=1S/C21H27N3O4/c1-5-22-21(23-13-15-6-9-17(26-2)10-7-15)24-14-16-8-11-19(27-3)18(12-16)20(25)28-4/h6-12H,5,13-14H2,1-4H3,(H2,22,23,24). The third kappa shape index (κ3) is 5.90. The SMILES string of the molecule is CCNC(=NCc1ccc(OC)c(C(=O)OC)c1)NCc1ccc(OC)cc1. The van der Waals surface area contributed by atoms with Crippen LogP contribution in [0, 0.1) is 0 Å². The van der Waals surface area contributed by atoms with E-state index in [4.69, 9.17) is 14.2 Å². The monoisotopic (exact) mass is 385 g/mol. The Hall–Kier alpha value is -3.22. The zero-order valence-electron chi connectivity index (χ0n) is 16.7. The van der Waals surface area contributed by atoms with Crippen LogP contribution in [-0.2, 0) is 17.8 Å². The zero-order chi connectivity index (χ0) is 20.4. The molecule has 28 heavy (non-hydrogen) atoms. The minimum absolute atomic E-state index is 0.383. The predicted octanol–water partition coefficient (Wildman–Crippen LogP) is 2.75. The molecule has 0 unspecified atom stereocenters. The number of aliphatic imine (C=N–C) groups is 1. The molecule has 150 valence electrons. The van der Waals surface area contributed by atoms with Gasteiger partial charge in [-0.15, -0.1) is 0 Å². The molecule has 2 aromatic carbocycles. The first kappa shape index (κ1) is 21.1. The van der Waals surface area contributed by atoms with Gasteiger partial charge in [0.15, 0.2) is 5.96 Å². The molecule has 0 atom stereocenters. The van der Waals surface area contributed by atoms with Crippen LogP contribution in [0.25, 0.3) is 0 Å². The van der Waals surface area contributed by atoms with E-state index in [0.29, 0.717) is 30.4 Å². The zero-order valence-corrected chi connectivity index (χ0v) is 16.7. The lowest BCUT2D eigenvalue weighted by Gasteiger charge is -2.12. The van der Waals surface area contributed by atoms with Crippen molar-refractivity contribution in [2.24, 2.45) is 4.99 Å². The number of hydrogen-bond donors (Lipinski definition) is 2. The number of rotatable bonds is 8. The van der Waals surface area contributed by atoms with Gasteiger partial charge in [-0.1, -0.05) is 18.2 Å². The van der Waals surface area contributed by atoms with E-state index in [1.165, 1.54) is 14.2 Å². The van der Waals surface area contributed by atoms with E-state index >= 15 is 0 Å². The van der Waals surface area contributed by atoms with Crippen molar-refractivity contribution in [2.45, 2.75) is 20.0 Å². The number of carbonyl (C=O) groups excluding carboxylic acids is 1. The highest BCUT2D eigenvalue weighted by molar-refractivity contribution is 5.92. The number of esters is 1. The summed E-state index contributed by atoms with van der Waals surface area (Å²) in [6.45, 7) is 3.79. The molecule has 0 spiro atoms. The molecular formula is C21H27N3O4. The molecule has 0 aliphatic heterocycles. The molecule has 0 fully saturated rings. The Labute approximate surface area is 165 Å². The van der Waals surface area contributed by atoms with Crippen LogP contribution in [0.4, 0.5) is 0 Å². The summed E-state index contributed by atoms with van der Waals surface area (Å²) in [5, 5.41) is 6.51. The normalized spacial score (nSPS) is 10.9. The number of methoxy groups -OCH3 is 3. The molecule has 0 saturated heterocycles. The summed E-state index contributed by atoms with van der Waals surface area (Å²) in [5.41, 5.74) is 2.38. The fraction of sp³-hybridized carbons (Fsp3) is 0.333. The molecular weight excluding hydrogens is 358 g/mol. The first-order valence-electron chi connectivity index (χ1n) is 9.01. The van der Waals surface area contributed by atoms with Gasteiger partial charge in [0.25, 0.3) is 0 Å². The Kier molecular flexibility index (Phi) is 8.14. The average Bonchev–Trinajstić information content (AvgIpc) is 2.75. The van der Waals surface area contributed by atoms with Crippen molar-refractivity contribution >= 4 is 11.9 Å². The Balaban J connectivity index is 2.07.